The maximum absolute atomic E-state index is 9.44. The molecule has 0 aromatic rings. The molecule has 0 radical (unpaired) electrons. The van der Waals surface area contributed by atoms with Gasteiger partial charge in [0.05, 0.1) is 0 Å². The van der Waals surface area contributed by atoms with Gasteiger partial charge in [-0.05, 0) is 13.8 Å². The van der Waals surface area contributed by atoms with E-state index in [2.05, 4.69) is 19.6 Å². The molecule has 0 bridgehead atoms. The summed E-state index contributed by atoms with van der Waals surface area (Å²) < 4.78 is 0. The second-order valence-corrected chi connectivity index (χ2v) is 10.5. The van der Waals surface area contributed by atoms with E-state index >= 15 is 0 Å². The Balaban J connectivity index is 0. The average molecular weight is 167 g/mol. The van der Waals surface area contributed by atoms with Crippen molar-refractivity contribution in [3.63, 3.8) is 0 Å². The fourth-order valence-electron chi connectivity index (χ4n) is 0. The second-order valence-electron chi connectivity index (χ2n) is 2.98. The lowest BCUT2D eigenvalue weighted by molar-refractivity contribution is -0.114. The highest BCUT2D eigenvalue weighted by molar-refractivity contribution is 7.18. The molecule has 0 saturated heterocycles. The zero-order valence-corrected chi connectivity index (χ0v) is 8.54. The molecule has 0 aliphatic rings. The van der Waals surface area contributed by atoms with Crippen LogP contribution in [-0.2, 0) is 4.79 Å². The normalized spacial score (nSPS) is 9.56. The van der Waals surface area contributed by atoms with E-state index in [4.69, 9.17) is 11.1 Å². The molecule has 56 valence electrons. The van der Waals surface area contributed by atoms with Gasteiger partial charge in [-0.25, -0.2) is 0 Å². The number of carbonyl (C=O) groups excluding carboxylic acids is 1. The summed E-state index contributed by atoms with van der Waals surface area (Å²) in [7, 11) is -1.14. The van der Waals surface area contributed by atoms with E-state index < -0.39 is 7.38 Å². The standard InChI is InChI=1S/C3H9ClSi.C3H6O/c1-5(2,3)4;1-3(2)4/h1-3H3;1-2H3. The van der Waals surface area contributed by atoms with Crippen molar-refractivity contribution in [3.05, 3.63) is 0 Å². The van der Waals surface area contributed by atoms with Gasteiger partial charge in [0.2, 0.25) is 0 Å². The van der Waals surface area contributed by atoms with Gasteiger partial charge in [-0.15, -0.1) is 0 Å². The van der Waals surface area contributed by atoms with Crippen LogP contribution >= 0.6 is 11.1 Å². The van der Waals surface area contributed by atoms with E-state index in [1.165, 1.54) is 13.8 Å². The van der Waals surface area contributed by atoms with Crippen LogP contribution in [0.25, 0.3) is 0 Å². The lowest BCUT2D eigenvalue weighted by atomic mass is 10.6. The maximum Gasteiger partial charge on any atom is 0.147 e. The molecule has 0 fully saturated rings. The van der Waals surface area contributed by atoms with Crippen LogP contribution in [0.4, 0.5) is 0 Å². The molecule has 0 rings (SSSR count). The maximum atomic E-state index is 9.44. The van der Waals surface area contributed by atoms with Crippen LogP contribution in [0.15, 0.2) is 0 Å². The fourth-order valence-corrected chi connectivity index (χ4v) is 0. The van der Waals surface area contributed by atoms with Crippen molar-refractivity contribution >= 4 is 24.2 Å². The highest BCUT2D eigenvalue weighted by Gasteiger charge is 2.04. The zero-order valence-electron chi connectivity index (χ0n) is 6.79. The highest BCUT2D eigenvalue weighted by Crippen LogP contribution is 2.03. The van der Waals surface area contributed by atoms with Crippen LogP contribution < -0.4 is 0 Å². The molecule has 0 heterocycles. The lowest BCUT2D eigenvalue weighted by Gasteiger charge is -1.97. The Hall–Kier alpha value is 0.177. The second kappa shape index (κ2) is 5.00. The van der Waals surface area contributed by atoms with Crippen molar-refractivity contribution in [2.24, 2.45) is 0 Å². The molecule has 1 nitrogen and oxygen atoms in total. The molecule has 0 aromatic carbocycles. The Bertz CT molecular complexity index is 75.5. The third-order valence-electron chi connectivity index (χ3n) is 0. The number of hydrogen-bond acceptors (Lipinski definition) is 1. The summed E-state index contributed by atoms with van der Waals surface area (Å²) in [5, 5.41) is 0. The minimum Gasteiger partial charge on any atom is -0.300 e. The van der Waals surface area contributed by atoms with Crippen molar-refractivity contribution in [2.45, 2.75) is 33.5 Å². The number of carbonyl (C=O) groups is 1. The fraction of sp³-hybridized carbons (Fsp3) is 0.833. The first kappa shape index (κ1) is 11.9. The topological polar surface area (TPSA) is 17.1 Å². The van der Waals surface area contributed by atoms with Crippen LogP contribution in [0.2, 0.25) is 19.6 Å². The van der Waals surface area contributed by atoms with E-state index in [1.54, 1.807) is 0 Å². The van der Waals surface area contributed by atoms with Crippen molar-refractivity contribution in [1.29, 1.82) is 0 Å². The summed E-state index contributed by atoms with van der Waals surface area (Å²) >= 11 is 5.67. The molecule has 0 unspecified atom stereocenters. The highest BCUT2D eigenvalue weighted by atomic mass is 35.6. The summed E-state index contributed by atoms with van der Waals surface area (Å²) in [6, 6.07) is 0. The lowest BCUT2D eigenvalue weighted by Crippen LogP contribution is -2.06. The number of Topliss-reactive ketones (excluding diaryl/α,β-unsaturated/α-hetero) is 1. The molecular weight excluding hydrogens is 152 g/mol. The van der Waals surface area contributed by atoms with Gasteiger partial charge in [-0.1, -0.05) is 19.6 Å². The molecule has 0 aliphatic carbocycles. The van der Waals surface area contributed by atoms with E-state index in [9.17, 15) is 4.79 Å². The van der Waals surface area contributed by atoms with Crippen molar-refractivity contribution < 1.29 is 4.79 Å². The third kappa shape index (κ3) is 9970. The molecule has 9 heavy (non-hydrogen) atoms. The van der Waals surface area contributed by atoms with Gasteiger partial charge in [0, 0.05) is 0 Å². The van der Waals surface area contributed by atoms with Crippen molar-refractivity contribution in [2.75, 3.05) is 0 Å². The average Bonchev–Trinajstić information content (AvgIpc) is 1.19. The van der Waals surface area contributed by atoms with Gasteiger partial charge in [-0.2, -0.15) is 11.1 Å². The minimum atomic E-state index is -1.14. The van der Waals surface area contributed by atoms with Gasteiger partial charge >= 0.3 is 0 Å². The Morgan fingerprint density at radius 3 is 1.22 bits per heavy atom. The molecular formula is C6H15ClOSi. The molecule has 0 aliphatic heterocycles. The Morgan fingerprint density at radius 1 is 1.22 bits per heavy atom. The predicted molar refractivity (Wildman–Crippen MR) is 45.6 cm³/mol. The summed E-state index contributed by atoms with van der Waals surface area (Å²) in [6.45, 7) is 9.33. The van der Waals surface area contributed by atoms with Crippen LogP contribution in [0.3, 0.4) is 0 Å². The largest absolute Gasteiger partial charge is 0.300 e. The van der Waals surface area contributed by atoms with Gasteiger partial charge in [-0.3, -0.25) is 0 Å². The monoisotopic (exact) mass is 166 g/mol. The number of hydrogen-bond donors (Lipinski definition) is 0. The van der Waals surface area contributed by atoms with Crippen LogP contribution in [0.1, 0.15) is 13.8 Å². The van der Waals surface area contributed by atoms with E-state index in [0.717, 1.165) is 0 Å². The molecule has 0 N–H and O–H groups in total. The third-order valence-corrected chi connectivity index (χ3v) is 0. The molecule has 0 saturated carbocycles. The van der Waals surface area contributed by atoms with Gasteiger partial charge in [0.1, 0.15) is 13.2 Å². The Kier molecular flexibility index (Phi) is 6.62. The smallest absolute Gasteiger partial charge is 0.147 e. The summed E-state index contributed by atoms with van der Waals surface area (Å²) in [5.74, 6) is 0.167. The zero-order chi connectivity index (χ0) is 8.08. The first-order valence-corrected chi connectivity index (χ1v) is 7.40. The predicted octanol–water partition coefficient (Wildman–Crippen LogP) is 2.66. The number of halogens is 1. The molecule has 0 amide bonds. The minimum absolute atomic E-state index is 0.167. The summed E-state index contributed by atoms with van der Waals surface area (Å²) in [4.78, 5) is 9.44. The van der Waals surface area contributed by atoms with E-state index in [-0.39, 0.29) is 5.78 Å². The summed E-state index contributed by atoms with van der Waals surface area (Å²) in [5.41, 5.74) is 0. The first-order chi connectivity index (χ1) is 3.73. The van der Waals surface area contributed by atoms with Crippen LogP contribution in [0, 0.1) is 0 Å². The van der Waals surface area contributed by atoms with Gasteiger partial charge < -0.3 is 4.79 Å². The summed E-state index contributed by atoms with van der Waals surface area (Å²) in [6.07, 6.45) is 0. The van der Waals surface area contributed by atoms with Crippen LogP contribution in [-0.4, -0.2) is 13.2 Å². The number of ketones is 1. The Morgan fingerprint density at radius 2 is 1.22 bits per heavy atom. The van der Waals surface area contributed by atoms with Crippen LogP contribution in [0.5, 0.6) is 0 Å². The number of rotatable bonds is 0. The first-order valence-electron chi connectivity index (χ1n) is 2.89. The molecule has 0 atom stereocenters. The Labute approximate surface area is 63.1 Å². The van der Waals surface area contributed by atoms with Gasteiger partial charge in [0.15, 0.2) is 0 Å². The SMILES string of the molecule is CC(C)=O.C[Si](C)(C)Cl. The van der Waals surface area contributed by atoms with Gasteiger partial charge in [0.25, 0.3) is 0 Å². The molecule has 0 aromatic heterocycles. The molecule has 3 heteroatoms. The molecule has 0 spiro atoms. The van der Waals surface area contributed by atoms with Crippen molar-refractivity contribution in [3.8, 4) is 0 Å². The van der Waals surface area contributed by atoms with E-state index in [0.29, 0.717) is 0 Å². The van der Waals surface area contributed by atoms with Crippen molar-refractivity contribution in [1.82, 2.24) is 0 Å². The quantitative estimate of drug-likeness (QED) is 0.400. The van der Waals surface area contributed by atoms with E-state index in [1.807, 2.05) is 0 Å².